The van der Waals surface area contributed by atoms with Gasteiger partial charge in [-0.15, -0.1) is 6.58 Å². The third-order valence-corrected chi connectivity index (χ3v) is 4.12. The van der Waals surface area contributed by atoms with Crippen molar-refractivity contribution in [1.29, 1.82) is 0 Å². The monoisotopic (exact) mass is 288 g/mol. The van der Waals surface area contributed by atoms with Crippen LogP contribution in [0.4, 0.5) is 4.79 Å². The molecule has 4 nitrogen and oxygen atoms in total. The van der Waals surface area contributed by atoms with Crippen molar-refractivity contribution in [2.45, 2.75) is 31.9 Å². The third kappa shape index (κ3) is 4.08. The van der Waals surface area contributed by atoms with Crippen molar-refractivity contribution in [3.63, 3.8) is 0 Å². The topological polar surface area (TPSA) is 52.6 Å². The minimum atomic E-state index is -0.441. The van der Waals surface area contributed by atoms with Crippen molar-refractivity contribution in [3.05, 3.63) is 48.6 Å². The van der Waals surface area contributed by atoms with Crippen LogP contribution in [0.3, 0.4) is 0 Å². The van der Waals surface area contributed by atoms with E-state index in [0.717, 1.165) is 18.4 Å². The summed E-state index contributed by atoms with van der Waals surface area (Å²) < 4.78 is 0. The van der Waals surface area contributed by atoms with Crippen LogP contribution in [0.5, 0.6) is 0 Å². The Labute approximate surface area is 126 Å². The van der Waals surface area contributed by atoms with Gasteiger partial charge in [0.25, 0.3) is 0 Å². The molecule has 2 N–H and O–H groups in total. The number of hydrogen-bond donors (Lipinski definition) is 2. The Kier molecular flexibility index (Phi) is 5.39. The van der Waals surface area contributed by atoms with Crippen LogP contribution in [-0.4, -0.2) is 35.2 Å². The largest absolute Gasteiger partial charge is 0.388 e. The van der Waals surface area contributed by atoms with Crippen LogP contribution in [0.15, 0.2) is 43.0 Å². The number of amides is 2. The van der Waals surface area contributed by atoms with E-state index in [1.54, 1.807) is 6.08 Å². The van der Waals surface area contributed by atoms with Gasteiger partial charge in [0.2, 0.25) is 0 Å². The first kappa shape index (κ1) is 15.6. The maximum absolute atomic E-state index is 12.0. The van der Waals surface area contributed by atoms with E-state index in [1.165, 1.54) is 0 Å². The Bertz CT molecular complexity index is 467. The fourth-order valence-electron chi connectivity index (χ4n) is 2.69. The van der Waals surface area contributed by atoms with E-state index in [-0.39, 0.29) is 18.0 Å². The molecule has 1 aliphatic rings. The molecule has 1 fully saturated rings. The molecule has 1 aliphatic heterocycles. The van der Waals surface area contributed by atoms with Crippen LogP contribution in [-0.2, 0) is 0 Å². The molecular formula is C17H24N2O2. The van der Waals surface area contributed by atoms with Gasteiger partial charge < -0.3 is 15.3 Å². The summed E-state index contributed by atoms with van der Waals surface area (Å²) in [7, 11) is 0. The van der Waals surface area contributed by atoms with Crippen LogP contribution in [0, 0.1) is 5.92 Å². The van der Waals surface area contributed by atoms with Crippen molar-refractivity contribution < 1.29 is 9.90 Å². The number of piperidine rings is 1. The van der Waals surface area contributed by atoms with Gasteiger partial charge in [0.15, 0.2) is 0 Å². The van der Waals surface area contributed by atoms with Crippen molar-refractivity contribution >= 4 is 6.03 Å². The summed E-state index contributed by atoms with van der Waals surface area (Å²) in [6.07, 6.45) is 2.92. The van der Waals surface area contributed by atoms with Gasteiger partial charge in [-0.3, -0.25) is 0 Å². The number of benzene rings is 1. The minimum absolute atomic E-state index is 0.0230. The first-order valence-corrected chi connectivity index (χ1v) is 7.53. The highest BCUT2D eigenvalue weighted by atomic mass is 16.3. The number of likely N-dealkylation sites (tertiary alicyclic amines) is 1. The Morgan fingerprint density at radius 3 is 2.57 bits per heavy atom. The second-order valence-electron chi connectivity index (χ2n) is 5.65. The SMILES string of the molecule is C=CC(C)NC(=O)N1CCC(C(O)c2ccccc2)CC1. The molecule has 0 aromatic heterocycles. The second kappa shape index (κ2) is 7.27. The lowest BCUT2D eigenvalue weighted by Gasteiger charge is -2.34. The van der Waals surface area contributed by atoms with E-state index in [9.17, 15) is 9.90 Å². The molecule has 4 heteroatoms. The van der Waals surface area contributed by atoms with Gasteiger partial charge in [-0.25, -0.2) is 4.79 Å². The summed E-state index contributed by atoms with van der Waals surface area (Å²) in [5, 5.41) is 13.3. The molecule has 2 rings (SSSR count). The molecule has 2 amide bonds. The predicted octanol–water partition coefficient (Wildman–Crippen LogP) is 2.72. The molecule has 21 heavy (non-hydrogen) atoms. The number of urea groups is 1. The minimum Gasteiger partial charge on any atom is -0.388 e. The third-order valence-electron chi connectivity index (χ3n) is 4.12. The van der Waals surface area contributed by atoms with Crippen molar-refractivity contribution in [1.82, 2.24) is 10.2 Å². The molecule has 0 spiro atoms. The summed E-state index contributed by atoms with van der Waals surface area (Å²) in [4.78, 5) is 13.8. The lowest BCUT2D eigenvalue weighted by atomic mass is 9.87. The van der Waals surface area contributed by atoms with Crippen LogP contribution >= 0.6 is 0 Å². The van der Waals surface area contributed by atoms with Crippen molar-refractivity contribution in [3.8, 4) is 0 Å². The molecule has 0 bridgehead atoms. The van der Waals surface area contributed by atoms with Crippen LogP contribution < -0.4 is 5.32 Å². The van der Waals surface area contributed by atoms with Crippen LogP contribution in [0.2, 0.25) is 0 Å². The quantitative estimate of drug-likeness (QED) is 0.837. The van der Waals surface area contributed by atoms with Gasteiger partial charge in [0, 0.05) is 19.1 Å². The number of aliphatic hydroxyl groups excluding tert-OH is 1. The van der Waals surface area contributed by atoms with E-state index < -0.39 is 6.10 Å². The molecule has 0 saturated carbocycles. The zero-order valence-electron chi connectivity index (χ0n) is 12.5. The standard InChI is InChI=1S/C17H24N2O2/c1-3-13(2)18-17(21)19-11-9-15(10-12-19)16(20)14-7-5-4-6-8-14/h3-8,13,15-16,20H,1,9-12H2,2H3,(H,18,21). The Morgan fingerprint density at radius 2 is 2.00 bits per heavy atom. The Balaban J connectivity index is 1.85. The molecule has 0 radical (unpaired) electrons. The smallest absolute Gasteiger partial charge is 0.317 e. The van der Waals surface area contributed by atoms with E-state index in [2.05, 4.69) is 11.9 Å². The average molecular weight is 288 g/mol. The molecule has 1 saturated heterocycles. The maximum atomic E-state index is 12.0. The van der Waals surface area contributed by atoms with Crippen LogP contribution in [0.1, 0.15) is 31.4 Å². The number of carbonyl (C=O) groups is 1. The predicted molar refractivity (Wildman–Crippen MR) is 83.9 cm³/mol. The number of hydrogen-bond acceptors (Lipinski definition) is 2. The van der Waals surface area contributed by atoms with Gasteiger partial charge >= 0.3 is 6.03 Å². The number of aliphatic hydroxyl groups is 1. The summed E-state index contributed by atoms with van der Waals surface area (Å²) in [6, 6.07) is 9.67. The summed E-state index contributed by atoms with van der Waals surface area (Å²) >= 11 is 0. The zero-order valence-corrected chi connectivity index (χ0v) is 12.5. The summed E-state index contributed by atoms with van der Waals surface area (Å²) in [5.74, 6) is 0.216. The number of nitrogens with one attached hydrogen (secondary N) is 1. The second-order valence-corrected chi connectivity index (χ2v) is 5.65. The molecule has 2 atom stereocenters. The molecule has 2 unspecified atom stereocenters. The summed E-state index contributed by atoms with van der Waals surface area (Å²) in [6.45, 7) is 6.93. The highest BCUT2D eigenvalue weighted by Crippen LogP contribution is 2.30. The first-order chi connectivity index (χ1) is 10.1. The van der Waals surface area contributed by atoms with Crippen molar-refractivity contribution in [2.24, 2.45) is 5.92 Å². The lowest BCUT2D eigenvalue weighted by molar-refractivity contribution is 0.0664. The van der Waals surface area contributed by atoms with Crippen molar-refractivity contribution in [2.75, 3.05) is 13.1 Å². The maximum Gasteiger partial charge on any atom is 0.317 e. The fraction of sp³-hybridized carbons (Fsp3) is 0.471. The zero-order chi connectivity index (χ0) is 15.2. The number of rotatable bonds is 4. The molecule has 114 valence electrons. The van der Waals surface area contributed by atoms with E-state index in [4.69, 9.17) is 0 Å². The Morgan fingerprint density at radius 1 is 1.38 bits per heavy atom. The van der Waals surface area contributed by atoms with Gasteiger partial charge in [-0.1, -0.05) is 36.4 Å². The molecule has 1 aromatic rings. The first-order valence-electron chi connectivity index (χ1n) is 7.53. The fourth-order valence-corrected chi connectivity index (χ4v) is 2.69. The average Bonchev–Trinajstić information content (AvgIpc) is 2.55. The van der Waals surface area contributed by atoms with Crippen LogP contribution in [0.25, 0.3) is 0 Å². The molecule has 0 aliphatic carbocycles. The Hall–Kier alpha value is -1.81. The van der Waals surface area contributed by atoms with E-state index >= 15 is 0 Å². The molecule has 1 heterocycles. The van der Waals surface area contributed by atoms with Gasteiger partial charge in [0.05, 0.1) is 6.10 Å². The van der Waals surface area contributed by atoms with E-state index in [0.29, 0.717) is 13.1 Å². The molecular weight excluding hydrogens is 264 g/mol. The van der Waals surface area contributed by atoms with E-state index in [1.807, 2.05) is 42.2 Å². The van der Waals surface area contributed by atoms with Gasteiger partial charge in [0.1, 0.15) is 0 Å². The van der Waals surface area contributed by atoms with Gasteiger partial charge in [-0.2, -0.15) is 0 Å². The lowest BCUT2D eigenvalue weighted by Crippen LogP contribution is -2.47. The number of nitrogens with zero attached hydrogens (tertiary/aromatic N) is 1. The molecule has 1 aromatic carbocycles. The summed E-state index contributed by atoms with van der Waals surface area (Å²) in [5.41, 5.74) is 0.959. The highest BCUT2D eigenvalue weighted by Gasteiger charge is 2.28. The normalized spacial score (nSPS) is 18.9. The highest BCUT2D eigenvalue weighted by molar-refractivity contribution is 5.74. The number of carbonyl (C=O) groups excluding carboxylic acids is 1. The van der Waals surface area contributed by atoms with Gasteiger partial charge in [-0.05, 0) is 31.2 Å².